The monoisotopic (exact) mass is 199 g/mol. The second-order valence-electron chi connectivity index (χ2n) is 4.81. The predicted octanol–water partition coefficient (Wildman–Crippen LogP) is 3.98. The van der Waals surface area contributed by atoms with Crippen molar-refractivity contribution in [2.45, 2.75) is 71.8 Å². The van der Waals surface area contributed by atoms with E-state index >= 15 is 0 Å². The Hall–Kier alpha value is -0.0400. The van der Waals surface area contributed by atoms with Crippen molar-refractivity contribution in [2.24, 2.45) is 5.92 Å². The molecule has 1 atom stereocenters. The van der Waals surface area contributed by atoms with E-state index in [1.807, 2.05) is 0 Å². The van der Waals surface area contributed by atoms with Crippen LogP contribution in [-0.2, 0) is 0 Å². The SMILES string of the molecule is CCCCCCC(CCC(C)C)NC. The Bertz CT molecular complexity index is 110. The molecule has 0 bridgehead atoms. The maximum absolute atomic E-state index is 3.43. The van der Waals surface area contributed by atoms with Crippen molar-refractivity contribution in [1.82, 2.24) is 5.32 Å². The predicted molar refractivity (Wildman–Crippen MR) is 65.7 cm³/mol. The van der Waals surface area contributed by atoms with Gasteiger partial charge in [0.05, 0.1) is 0 Å². The Morgan fingerprint density at radius 3 is 2.14 bits per heavy atom. The summed E-state index contributed by atoms with van der Waals surface area (Å²) in [5.74, 6) is 0.849. The number of unbranched alkanes of at least 4 members (excludes halogenated alkanes) is 3. The van der Waals surface area contributed by atoms with E-state index in [0.29, 0.717) is 0 Å². The molecule has 0 aliphatic heterocycles. The van der Waals surface area contributed by atoms with Crippen molar-refractivity contribution in [3.05, 3.63) is 0 Å². The van der Waals surface area contributed by atoms with Crippen LogP contribution >= 0.6 is 0 Å². The second kappa shape index (κ2) is 9.51. The van der Waals surface area contributed by atoms with E-state index in [9.17, 15) is 0 Å². The summed E-state index contributed by atoms with van der Waals surface area (Å²) in [5.41, 5.74) is 0. The van der Waals surface area contributed by atoms with Crippen molar-refractivity contribution < 1.29 is 0 Å². The van der Waals surface area contributed by atoms with Crippen LogP contribution in [0.15, 0.2) is 0 Å². The first-order valence-electron chi connectivity index (χ1n) is 6.38. The molecule has 0 aliphatic carbocycles. The normalized spacial score (nSPS) is 13.5. The lowest BCUT2D eigenvalue weighted by molar-refractivity contribution is 0.417. The van der Waals surface area contributed by atoms with E-state index in [-0.39, 0.29) is 0 Å². The molecular formula is C13H29N. The Morgan fingerprint density at radius 2 is 1.64 bits per heavy atom. The van der Waals surface area contributed by atoms with Crippen LogP contribution in [-0.4, -0.2) is 13.1 Å². The van der Waals surface area contributed by atoms with Crippen molar-refractivity contribution in [1.29, 1.82) is 0 Å². The van der Waals surface area contributed by atoms with Crippen LogP contribution in [0.3, 0.4) is 0 Å². The quantitative estimate of drug-likeness (QED) is 0.554. The molecule has 0 aliphatic rings. The average Bonchev–Trinajstić information content (AvgIpc) is 2.16. The third-order valence-electron chi connectivity index (χ3n) is 2.91. The molecule has 0 fully saturated rings. The highest BCUT2D eigenvalue weighted by atomic mass is 14.9. The van der Waals surface area contributed by atoms with Gasteiger partial charge in [0.15, 0.2) is 0 Å². The summed E-state index contributed by atoms with van der Waals surface area (Å²) in [4.78, 5) is 0. The molecular weight excluding hydrogens is 170 g/mol. The largest absolute Gasteiger partial charge is 0.317 e. The van der Waals surface area contributed by atoms with Gasteiger partial charge in [0.25, 0.3) is 0 Å². The van der Waals surface area contributed by atoms with Gasteiger partial charge in [-0.1, -0.05) is 46.5 Å². The molecule has 1 heteroatoms. The van der Waals surface area contributed by atoms with Crippen LogP contribution < -0.4 is 5.32 Å². The first kappa shape index (κ1) is 14.0. The fourth-order valence-electron chi connectivity index (χ4n) is 1.79. The molecule has 0 heterocycles. The summed E-state index contributed by atoms with van der Waals surface area (Å²) in [6, 6.07) is 0.759. The summed E-state index contributed by atoms with van der Waals surface area (Å²) in [6.07, 6.45) is 9.63. The number of rotatable bonds is 9. The van der Waals surface area contributed by atoms with E-state index in [4.69, 9.17) is 0 Å². The van der Waals surface area contributed by atoms with Gasteiger partial charge in [0, 0.05) is 6.04 Å². The van der Waals surface area contributed by atoms with E-state index in [2.05, 4.69) is 33.1 Å². The molecule has 0 aromatic heterocycles. The minimum absolute atomic E-state index is 0.759. The van der Waals surface area contributed by atoms with E-state index in [1.165, 1.54) is 44.9 Å². The van der Waals surface area contributed by atoms with Crippen LogP contribution in [0, 0.1) is 5.92 Å². The van der Waals surface area contributed by atoms with Gasteiger partial charge in [-0.05, 0) is 32.2 Å². The van der Waals surface area contributed by atoms with Gasteiger partial charge in [-0.2, -0.15) is 0 Å². The van der Waals surface area contributed by atoms with Gasteiger partial charge in [-0.25, -0.2) is 0 Å². The molecule has 0 aromatic carbocycles. The third-order valence-corrected chi connectivity index (χ3v) is 2.91. The lowest BCUT2D eigenvalue weighted by Gasteiger charge is -2.17. The summed E-state index contributed by atoms with van der Waals surface area (Å²) >= 11 is 0. The van der Waals surface area contributed by atoms with Gasteiger partial charge in [0.2, 0.25) is 0 Å². The minimum Gasteiger partial charge on any atom is -0.317 e. The first-order chi connectivity index (χ1) is 6.70. The molecule has 86 valence electrons. The average molecular weight is 199 g/mol. The van der Waals surface area contributed by atoms with Gasteiger partial charge in [0.1, 0.15) is 0 Å². The van der Waals surface area contributed by atoms with Crippen LogP contribution in [0.5, 0.6) is 0 Å². The van der Waals surface area contributed by atoms with Gasteiger partial charge in [-0.15, -0.1) is 0 Å². The Labute approximate surface area is 90.7 Å². The molecule has 0 saturated heterocycles. The van der Waals surface area contributed by atoms with Crippen LogP contribution in [0.1, 0.15) is 65.7 Å². The lowest BCUT2D eigenvalue weighted by atomic mass is 9.99. The summed E-state index contributed by atoms with van der Waals surface area (Å²) in [7, 11) is 2.10. The number of hydrogen-bond donors (Lipinski definition) is 1. The summed E-state index contributed by atoms with van der Waals surface area (Å²) in [6.45, 7) is 6.89. The zero-order valence-corrected chi connectivity index (χ0v) is 10.6. The Kier molecular flexibility index (Phi) is 9.49. The standard InChI is InChI=1S/C13H29N/c1-5-6-7-8-9-13(14-4)11-10-12(2)3/h12-14H,5-11H2,1-4H3. The maximum Gasteiger partial charge on any atom is 0.00641 e. The van der Waals surface area contributed by atoms with E-state index < -0.39 is 0 Å². The topological polar surface area (TPSA) is 12.0 Å². The lowest BCUT2D eigenvalue weighted by Crippen LogP contribution is -2.25. The molecule has 0 radical (unpaired) electrons. The Morgan fingerprint density at radius 1 is 0.929 bits per heavy atom. The van der Waals surface area contributed by atoms with Gasteiger partial charge in [-0.3, -0.25) is 0 Å². The Balaban J connectivity index is 3.38. The van der Waals surface area contributed by atoms with Crippen molar-refractivity contribution in [3.8, 4) is 0 Å². The molecule has 0 amide bonds. The van der Waals surface area contributed by atoms with E-state index in [0.717, 1.165) is 12.0 Å². The number of nitrogens with one attached hydrogen (secondary N) is 1. The smallest absolute Gasteiger partial charge is 0.00641 e. The fourth-order valence-corrected chi connectivity index (χ4v) is 1.79. The highest BCUT2D eigenvalue weighted by Crippen LogP contribution is 2.12. The summed E-state index contributed by atoms with van der Waals surface area (Å²) in [5, 5.41) is 3.43. The van der Waals surface area contributed by atoms with Crippen LogP contribution in [0.4, 0.5) is 0 Å². The molecule has 0 rings (SSSR count). The molecule has 0 aromatic rings. The molecule has 0 saturated carbocycles. The van der Waals surface area contributed by atoms with Crippen molar-refractivity contribution in [2.75, 3.05) is 7.05 Å². The highest BCUT2D eigenvalue weighted by Gasteiger charge is 2.06. The van der Waals surface area contributed by atoms with Crippen molar-refractivity contribution in [3.63, 3.8) is 0 Å². The minimum atomic E-state index is 0.759. The van der Waals surface area contributed by atoms with Crippen LogP contribution in [0.25, 0.3) is 0 Å². The molecule has 0 spiro atoms. The molecule has 1 unspecified atom stereocenters. The molecule has 1 nitrogen and oxygen atoms in total. The summed E-state index contributed by atoms with van der Waals surface area (Å²) < 4.78 is 0. The van der Waals surface area contributed by atoms with E-state index in [1.54, 1.807) is 0 Å². The van der Waals surface area contributed by atoms with Crippen LogP contribution in [0.2, 0.25) is 0 Å². The van der Waals surface area contributed by atoms with Crippen molar-refractivity contribution >= 4 is 0 Å². The second-order valence-corrected chi connectivity index (χ2v) is 4.81. The molecule has 1 N–H and O–H groups in total. The zero-order valence-electron chi connectivity index (χ0n) is 10.6. The molecule has 14 heavy (non-hydrogen) atoms. The first-order valence-corrected chi connectivity index (χ1v) is 6.38. The number of hydrogen-bond acceptors (Lipinski definition) is 1. The highest BCUT2D eigenvalue weighted by molar-refractivity contribution is 4.65. The van der Waals surface area contributed by atoms with Gasteiger partial charge < -0.3 is 5.32 Å². The maximum atomic E-state index is 3.43. The van der Waals surface area contributed by atoms with Gasteiger partial charge >= 0.3 is 0 Å². The third kappa shape index (κ3) is 8.55. The fraction of sp³-hybridized carbons (Fsp3) is 1.00. The zero-order chi connectivity index (χ0) is 10.8.